The van der Waals surface area contributed by atoms with E-state index in [1.54, 1.807) is 0 Å². The average Bonchev–Trinajstić information content (AvgIpc) is 2.55. The smallest absolute Gasteiger partial charge is 0.0645 e. The van der Waals surface area contributed by atoms with Crippen molar-refractivity contribution in [2.75, 3.05) is 11.9 Å². The SMILES string of the molecule is [2H]c1c([2H])c([2H])c(N(C)c2c([2H])c([2H])c([2H])c([2H])c2[2H])c([2H])c1[2H]. The molecule has 70 valence electrons. The quantitative estimate of drug-likeness (QED) is 0.706. The van der Waals surface area contributed by atoms with Crippen LogP contribution in [0.4, 0.5) is 11.4 Å². The first kappa shape index (κ1) is 2.86. The lowest BCUT2D eigenvalue weighted by molar-refractivity contribution is 1.21. The molecule has 0 aliphatic heterocycles. The Morgan fingerprint density at radius 2 is 1.14 bits per heavy atom. The molecule has 0 bridgehead atoms. The van der Waals surface area contributed by atoms with Crippen LogP contribution in [0.25, 0.3) is 0 Å². The minimum Gasteiger partial charge on any atom is -0.345 e. The van der Waals surface area contributed by atoms with Crippen LogP contribution in [-0.2, 0) is 0 Å². The number of benzene rings is 2. The molecule has 1 nitrogen and oxygen atoms in total. The summed E-state index contributed by atoms with van der Waals surface area (Å²) < 4.78 is 77.7. The van der Waals surface area contributed by atoms with Gasteiger partial charge in [0.25, 0.3) is 0 Å². The van der Waals surface area contributed by atoms with Gasteiger partial charge < -0.3 is 4.90 Å². The Bertz CT molecular complexity index is 720. The summed E-state index contributed by atoms with van der Waals surface area (Å²) in [6, 6.07) is -5.46. The molecule has 1 heteroatoms. The third-order valence-corrected chi connectivity index (χ3v) is 1.64. The topological polar surface area (TPSA) is 3.24 Å². The normalized spacial score (nSPS) is 19.8. The second-order valence-corrected chi connectivity index (χ2v) is 2.51. The van der Waals surface area contributed by atoms with Gasteiger partial charge in [-0.25, -0.2) is 0 Å². The Labute approximate surface area is 98.7 Å². The van der Waals surface area contributed by atoms with Crippen LogP contribution >= 0.6 is 0 Å². The summed E-state index contributed by atoms with van der Waals surface area (Å²) in [5.41, 5.74) is -0.529. The maximum Gasteiger partial charge on any atom is 0.0645 e. The van der Waals surface area contributed by atoms with Crippen LogP contribution in [0, 0.1) is 0 Å². The number of hydrogen-bond acceptors (Lipinski definition) is 1. The second kappa shape index (κ2) is 3.97. The number of para-hydroxylation sites is 2. The molecule has 0 saturated heterocycles. The van der Waals surface area contributed by atoms with E-state index < -0.39 is 60.4 Å². The Hall–Kier alpha value is -1.76. The van der Waals surface area contributed by atoms with E-state index in [-0.39, 0.29) is 11.4 Å². The molecular formula is C13H13N. The molecule has 0 amide bonds. The van der Waals surface area contributed by atoms with Crippen LogP contribution in [0.15, 0.2) is 60.4 Å². The highest BCUT2D eigenvalue weighted by Crippen LogP contribution is 2.21. The summed E-state index contributed by atoms with van der Waals surface area (Å²) in [5.74, 6) is 0. The first-order valence-corrected chi connectivity index (χ1v) is 3.89. The second-order valence-electron chi connectivity index (χ2n) is 2.51. The van der Waals surface area contributed by atoms with E-state index in [9.17, 15) is 0 Å². The molecule has 0 N–H and O–H groups in total. The van der Waals surface area contributed by atoms with E-state index in [0.717, 1.165) is 4.90 Å². The third-order valence-electron chi connectivity index (χ3n) is 1.64. The van der Waals surface area contributed by atoms with Gasteiger partial charge in [0.1, 0.15) is 0 Å². The van der Waals surface area contributed by atoms with Crippen LogP contribution < -0.4 is 4.90 Å². The fourth-order valence-corrected chi connectivity index (χ4v) is 0.934. The molecule has 2 aromatic carbocycles. The van der Waals surface area contributed by atoms with Crippen LogP contribution in [0.5, 0.6) is 0 Å². The summed E-state index contributed by atoms with van der Waals surface area (Å²) in [7, 11) is 1.29. The van der Waals surface area contributed by atoms with Crippen molar-refractivity contribution in [1.29, 1.82) is 0 Å². The Balaban J connectivity index is 2.84. The minimum absolute atomic E-state index is 0.264. The molecule has 0 aliphatic carbocycles. The van der Waals surface area contributed by atoms with E-state index in [0.29, 0.717) is 0 Å². The lowest BCUT2D eigenvalue weighted by Gasteiger charge is -2.18. The molecule has 14 heavy (non-hydrogen) atoms. The molecule has 0 unspecified atom stereocenters. The standard InChI is InChI=1S/C13H13N/c1-14(12-8-4-2-5-9-12)13-10-6-3-7-11-13/h2-11H,1H3/i2D,3D,4D,5D,6D,7D,8D,9D,10D,11D. The van der Waals surface area contributed by atoms with Gasteiger partial charge in [0.15, 0.2) is 0 Å². The average molecular weight is 193 g/mol. The predicted octanol–water partition coefficient (Wildman–Crippen LogP) is 3.45. The summed E-state index contributed by atoms with van der Waals surface area (Å²) in [4.78, 5) is 1.03. The zero-order chi connectivity index (χ0) is 18.5. The third kappa shape index (κ3) is 1.77. The molecule has 0 fully saturated rings. The van der Waals surface area contributed by atoms with Crippen LogP contribution in [-0.4, -0.2) is 7.05 Å². The van der Waals surface area contributed by atoms with Crippen molar-refractivity contribution in [1.82, 2.24) is 0 Å². The number of anilines is 2. The molecular weight excluding hydrogens is 170 g/mol. The van der Waals surface area contributed by atoms with Gasteiger partial charge in [-0.05, 0) is 24.2 Å². The Kier molecular flexibility index (Phi) is 0.811. The molecule has 0 heterocycles. The van der Waals surface area contributed by atoms with Gasteiger partial charge >= 0.3 is 0 Å². The van der Waals surface area contributed by atoms with E-state index in [2.05, 4.69) is 0 Å². The van der Waals surface area contributed by atoms with Gasteiger partial charge in [0.05, 0.1) is 13.7 Å². The van der Waals surface area contributed by atoms with Gasteiger partial charge in [-0.1, -0.05) is 36.3 Å². The van der Waals surface area contributed by atoms with Crippen molar-refractivity contribution in [2.24, 2.45) is 0 Å². The molecule has 0 aliphatic rings. The lowest BCUT2D eigenvalue weighted by atomic mass is 10.2. The van der Waals surface area contributed by atoms with Crippen LogP contribution in [0.2, 0.25) is 0 Å². The van der Waals surface area contributed by atoms with E-state index >= 15 is 0 Å². The van der Waals surface area contributed by atoms with Crippen molar-refractivity contribution in [3.63, 3.8) is 0 Å². The van der Waals surface area contributed by atoms with Gasteiger partial charge in [0, 0.05) is 18.4 Å². The van der Waals surface area contributed by atoms with Gasteiger partial charge in [-0.15, -0.1) is 0 Å². The molecule has 2 aromatic rings. The van der Waals surface area contributed by atoms with Crippen molar-refractivity contribution in [3.05, 3.63) is 60.4 Å². The fraction of sp³-hybridized carbons (Fsp3) is 0.0769. The van der Waals surface area contributed by atoms with Crippen LogP contribution in [0.1, 0.15) is 13.7 Å². The number of nitrogens with zero attached hydrogens (tertiary/aromatic N) is 1. The first-order valence-electron chi connectivity index (χ1n) is 8.89. The Morgan fingerprint density at radius 1 is 0.786 bits per heavy atom. The molecule has 0 atom stereocenters. The van der Waals surface area contributed by atoms with E-state index in [4.69, 9.17) is 13.7 Å². The monoisotopic (exact) mass is 193 g/mol. The zero-order valence-electron chi connectivity index (χ0n) is 17.4. The van der Waals surface area contributed by atoms with Crippen molar-refractivity contribution >= 4 is 11.4 Å². The van der Waals surface area contributed by atoms with E-state index in [1.807, 2.05) is 0 Å². The summed E-state index contributed by atoms with van der Waals surface area (Å²) in [6.45, 7) is 0. The van der Waals surface area contributed by atoms with Crippen molar-refractivity contribution < 1.29 is 13.7 Å². The largest absolute Gasteiger partial charge is 0.345 e. The molecule has 0 spiro atoms. The maximum atomic E-state index is 7.94. The predicted molar refractivity (Wildman–Crippen MR) is 60.9 cm³/mol. The highest BCUT2D eigenvalue weighted by molar-refractivity contribution is 5.61. The fourth-order valence-electron chi connectivity index (χ4n) is 0.934. The highest BCUT2D eigenvalue weighted by atomic mass is 15.1. The number of rotatable bonds is 2. The van der Waals surface area contributed by atoms with Gasteiger partial charge in [-0.3, -0.25) is 0 Å². The summed E-state index contributed by atoms with van der Waals surface area (Å²) >= 11 is 0. The number of hydrogen-bond donors (Lipinski definition) is 0. The summed E-state index contributed by atoms with van der Waals surface area (Å²) in [6.07, 6.45) is 0. The van der Waals surface area contributed by atoms with Gasteiger partial charge in [0.2, 0.25) is 0 Å². The lowest BCUT2D eigenvalue weighted by Crippen LogP contribution is -2.08. The zero-order valence-corrected chi connectivity index (χ0v) is 7.45. The highest BCUT2D eigenvalue weighted by Gasteiger charge is 2.00. The minimum atomic E-state index is -0.566. The summed E-state index contributed by atoms with van der Waals surface area (Å²) in [5, 5.41) is 0. The molecule has 0 saturated carbocycles. The van der Waals surface area contributed by atoms with Crippen molar-refractivity contribution in [2.45, 2.75) is 0 Å². The van der Waals surface area contributed by atoms with Gasteiger partial charge in [-0.2, -0.15) is 0 Å². The van der Waals surface area contributed by atoms with E-state index in [1.165, 1.54) is 7.05 Å². The maximum absolute atomic E-state index is 7.94. The molecule has 0 aromatic heterocycles. The van der Waals surface area contributed by atoms with Crippen molar-refractivity contribution in [3.8, 4) is 0 Å². The molecule has 2 rings (SSSR count). The molecule has 0 radical (unpaired) electrons. The first-order chi connectivity index (χ1) is 11.0. The van der Waals surface area contributed by atoms with Crippen LogP contribution in [0.3, 0.4) is 0 Å². The Morgan fingerprint density at radius 3 is 1.50 bits per heavy atom.